The van der Waals surface area contributed by atoms with Gasteiger partial charge in [-0.25, -0.2) is 4.39 Å². The van der Waals surface area contributed by atoms with Crippen molar-refractivity contribution < 1.29 is 19.0 Å². The Morgan fingerprint density at radius 3 is 2.84 bits per heavy atom. The Bertz CT molecular complexity index is 495. The molecule has 19 heavy (non-hydrogen) atoms. The molecule has 0 radical (unpaired) electrons. The predicted octanol–water partition coefficient (Wildman–Crippen LogP) is 2.29. The Morgan fingerprint density at radius 2 is 2.32 bits per heavy atom. The molecule has 4 nitrogen and oxygen atoms in total. The summed E-state index contributed by atoms with van der Waals surface area (Å²) in [5.41, 5.74) is 0.690. The zero-order chi connectivity index (χ0) is 14.0. The first kappa shape index (κ1) is 14.1. The lowest BCUT2D eigenvalue weighted by Crippen LogP contribution is -2.17. The van der Waals surface area contributed by atoms with Gasteiger partial charge in [-0.15, -0.1) is 11.8 Å². The molecule has 1 aliphatic heterocycles. The molecule has 1 aromatic rings. The van der Waals surface area contributed by atoms with E-state index in [1.165, 1.54) is 23.9 Å². The normalized spacial score (nSPS) is 22.5. The zero-order valence-corrected chi connectivity index (χ0v) is 11.6. The number of carboxylic acid groups (broad SMARTS) is 1. The van der Waals surface area contributed by atoms with Crippen LogP contribution < -0.4 is 10.1 Å². The smallest absolute Gasteiger partial charge is 0.307 e. The van der Waals surface area contributed by atoms with E-state index in [9.17, 15) is 9.18 Å². The van der Waals surface area contributed by atoms with Crippen molar-refractivity contribution in [3.63, 3.8) is 0 Å². The third kappa shape index (κ3) is 2.84. The van der Waals surface area contributed by atoms with Gasteiger partial charge in [0.1, 0.15) is 11.6 Å². The molecule has 2 N–H and O–H groups in total. The summed E-state index contributed by atoms with van der Waals surface area (Å²) in [6, 6.07) is 2.66. The lowest BCUT2D eigenvalue weighted by Gasteiger charge is -2.17. The van der Waals surface area contributed by atoms with Crippen molar-refractivity contribution in [2.24, 2.45) is 5.92 Å². The van der Waals surface area contributed by atoms with Gasteiger partial charge < -0.3 is 15.2 Å². The summed E-state index contributed by atoms with van der Waals surface area (Å²) in [7, 11) is 1.54. The Morgan fingerprint density at radius 1 is 1.58 bits per heavy atom. The molecule has 1 saturated heterocycles. The summed E-state index contributed by atoms with van der Waals surface area (Å²) in [5, 5.41) is 12.1. The number of ether oxygens (including phenoxy) is 1. The summed E-state index contributed by atoms with van der Waals surface area (Å²) in [5.74, 6) is -0.968. The number of carboxylic acids is 1. The van der Waals surface area contributed by atoms with E-state index in [2.05, 4.69) is 5.32 Å². The van der Waals surface area contributed by atoms with Crippen LogP contribution in [-0.4, -0.2) is 31.0 Å². The topological polar surface area (TPSA) is 58.6 Å². The van der Waals surface area contributed by atoms with Gasteiger partial charge in [0.25, 0.3) is 0 Å². The molecule has 2 rings (SSSR count). The number of thioether (sulfide) groups is 1. The molecule has 0 aromatic heterocycles. The van der Waals surface area contributed by atoms with Crippen LogP contribution in [-0.2, 0) is 4.79 Å². The van der Waals surface area contributed by atoms with Crippen LogP contribution in [0.25, 0.3) is 0 Å². The summed E-state index contributed by atoms with van der Waals surface area (Å²) in [6.07, 6.45) is 2.30. The van der Waals surface area contributed by atoms with Crippen LogP contribution in [0, 0.1) is 11.7 Å². The molecular weight excluding hydrogens is 269 g/mol. The van der Waals surface area contributed by atoms with Crippen molar-refractivity contribution in [2.45, 2.75) is 17.4 Å². The largest absolute Gasteiger partial charge is 0.495 e. The minimum Gasteiger partial charge on any atom is -0.495 e. The van der Waals surface area contributed by atoms with E-state index >= 15 is 0 Å². The van der Waals surface area contributed by atoms with Crippen molar-refractivity contribution >= 4 is 17.7 Å². The van der Waals surface area contributed by atoms with E-state index in [0.29, 0.717) is 24.3 Å². The second-order valence-corrected chi connectivity index (χ2v) is 5.31. The molecule has 1 fully saturated rings. The molecule has 2 unspecified atom stereocenters. The van der Waals surface area contributed by atoms with Crippen LogP contribution >= 0.6 is 11.8 Å². The average molecular weight is 285 g/mol. The van der Waals surface area contributed by atoms with Gasteiger partial charge in [0, 0.05) is 18.2 Å². The highest BCUT2D eigenvalue weighted by Crippen LogP contribution is 2.39. The number of aliphatic carboxylic acids is 1. The molecule has 104 valence electrons. The fourth-order valence-electron chi connectivity index (χ4n) is 2.38. The van der Waals surface area contributed by atoms with Gasteiger partial charge in [-0.1, -0.05) is 0 Å². The summed E-state index contributed by atoms with van der Waals surface area (Å²) in [6.45, 7) is 0.397. The highest BCUT2D eigenvalue weighted by molar-refractivity contribution is 7.98. The SMILES string of the molecule is COc1c(SC)cc(F)cc1C1CC(C(=O)O)CN1. The number of halogens is 1. The highest BCUT2D eigenvalue weighted by atomic mass is 32.2. The van der Waals surface area contributed by atoms with Crippen LogP contribution in [0.3, 0.4) is 0 Å². The number of methoxy groups -OCH3 is 1. The molecule has 1 aliphatic rings. The maximum atomic E-state index is 13.6. The maximum absolute atomic E-state index is 13.6. The first-order valence-corrected chi connectivity index (χ1v) is 7.17. The predicted molar refractivity (Wildman–Crippen MR) is 71.2 cm³/mol. The lowest BCUT2D eigenvalue weighted by molar-refractivity contribution is -0.141. The molecule has 2 atom stereocenters. The molecule has 0 saturated carbocycles. The van der Waals surface area contributed by atoms with E-state index < -0.39 is 11.9 Å². The second-order valence-electron chi connectivity index (χ2n) is 4.46. The van der Waals surface area contributed by atoms with Crippen LogP contribution in [0.15, 0.2) is 17.0 Å². The molecule has 6 heteroatoms. The van der Waals surface area contributed by atoms with Gasteiger partial charge in [-0.3, -0.25) is 4.79 Å². The Labute approximate surface area is 115 Å². The molecule has 0 aliphatic carbocycles. The summed E-state index contributed by atoms with van der Waals surface area (Å²) >= 11 is 1.41. The number of nitrogens with one attached hydrogen (secondary N) is 1. The number of carbonyl (C=O) groups is 1. The van der Waals surface area contributed by atoms with Gasteiger partial charge >= 0.3 is 5.97 Å². The first-order valence-electron chi connectivity index (χ1n) is 5.94. The number of rotatable bonds is 4. The lowest BCUT2D eigenvalue weighted by atomic mass is 9.99. The van der Waals surface area contributed by atoms with E-state index in [1.54, 1.807) is 7.11 Å². The maximum Gasteiger partial charge on any atom is 0.307 e. The first-order chi connectivity index (χ1) is 9.06. The van der Waals surface area contributed by atoms with E-state index in [0.717, 1.165) is 4.90 Å². The molecular formula is C13H16FNO3S. The van der Waals surface area contributed by atoms with Crippen LogP contribution in [0.1, 0.15) is 18.0 Å². The average Bonchev–Trinajstić information content (AvgIpc) is 2.87. The minimum absolute atomic E-state index is 0.183. The molecule has 1 heterocycles. The quantitative estimate of drug-likeness (QED) is 0.831. The second kappa shape index (κ2) is 5.79. The van der Waals surface area contributed by atoms with Crippen molar-refractivity contribution in [1.82, 2.24) is 5.32 Å². The van der Waals surface area contributed by atoms with Crippen LogP contribution in [0.2, 0.25) is 0 Å². The Kier molecular flexibility index (Phi) is 4.31. The number of hydrogen-bond acceptors (Lipinski definition) is 4. The summed E-state index contributed by atoms with van der Waals surface area (Å²) < 4.78 is 19.0. The van der Waals surface area contributed by atoms with Crippen molar-refractivity contribution in [1.29, 1.82) is 0 Å². The molecule has 0 bridgehead atoms. The monoisotopic (exact) mass is 285 g/mol. The van der Waals surface area contributed by atoms with Gasteiger partial charge in [-0.2, -0.15) is 0 Å². The standard InChI is InChI=1S/C13H16FNO3S/c1-18-12-9(4-8(14)5-11(12)19-2)10-3-7(6-15-10)13(16)17/h4-5,7,10,15H,3,6H2,1-2H3,(H,16,17). The van der Waals surface area contributed by atoms with Crippen molar-refractivity contribution in [3.05, 3.63) is 23.5 Å². The molecule has 0 amide bonds. The van der Waals surface area contributed by atoms with Gasteiger partial charge in [-0.05, 0) is 24.8 Å². The third-order valence-electron chi connectivity index (χ3n) is 3.33. The number of benzene rings is 1. The minimum atomic E-state index is -0.824. The number of hydrogen-bond donors (Lipinski definition) is 2. The fourth-order valence-corrected chi connectivity index (χ4v) is 3.00. The zero-order valence-electron chi connectivity index (χ0n) is 10.8. The van der Waals surface area contributed by atoms with Crippen LogP contribution in [0.5, 0.6) is 5.75 Å². The van der Waals surface area contributed by atoms with E-state index in [1.807, 2.05) is 6.26 Å². The molecule has 0 spiro atoms. The van der Waals surface area contributed by atoms with E-state index in [-0.39, 0.29) is 11.9 Å². The van der Waals surface area contributed by atoms with E-state index in [4.69, 9.17) is 9.84 Å². The molecule has 1 aromatic carbocycles. The highest BCUT2D eigenvalue weighted by Gasteiger charge is 2.32. The van der Waals surface area contributed by atoms with Gasteiger partial charge in [0.2, 0.25) is 0 Å². The third-order valence-corrected chi connectivity index (χ3v) is 4.07. The van der Waals surface area contributed by atoms with Crippen molar-refractivity contribution in [2.75, 3.05) is 19.9 Å². The van der Waals surface area contributed by atoms with Crippen LogP contribution in [0.4, 0.5) is 4.39 Å². The Hall–Kier alpha value is -1.27. The van der Waals surface area contributed by atoms with Gasteiger partial charge in [0.15, 0.2) is 0 Å². The Balaban J connectivity index is 2.34. The summed E-state index contributed by atoms with van der Waals surface area (Å²) in [4.78, 5) is 11.7. The fraction of sp³-hybridized carbons (Fsp3) is 0.462. The van der Waals surface area contributed by atoms with Gasteiger partial charge in [0.05, 0.1) is 17.9 Å². The van der Waals surface area contributed by atoms with Crippen molar-refractivity contribution in [3.8, 4) is 5.75 Å².